The third-order valence-electron chi connectivity index (χ3n) is 4.34. The molecule has 0 bridgehead atoms. The number of carbonyl (C=O) groups excluding carboxylic acids is 1. The number of aromatic nitrogens is 4. The molecule has 112 valence electrons. The number of benzene rings is 2. The van der Waals surface area contributed by atoms with E-state index < -0.39 is 0 Å². The minimum Gasteiger partial charge on any atom is -0.308 e. The number of fused-ring (bicyclic) bond motifs is 4. The first-order chi connectivity index (χ1) is 11.3. The van der Waals surface area contributed by atoms with Gasteiger partial charge in [-0.15, -0.1) is 0 Å². The van der Waals surface area contributed by atoms with Gasteiger partial charge in [0.1, 0.15) is 0 Å². The van der Waals surface area contributed by atoms with Crippen LogP contribution in [0.3, 0.4) is 0 Å². The number of rotatable bonds is 1. The van der Waals surface area contributed by atoms with E-state index in [1.54, 1.807) is 4.90 Å². The molecule has 6 heteroatoms. The van der Waals surface area contributed by atoms with Crippen molar-refractivity contribution < 1.29 is 4.79 Å². The van der Waals surface area contributed by atoms with Gasteiger partial charge in [-0.2, -0.15) is 5.10 Å². The number of H-pyrrole nitrogens is 1. The average molecular weight is 303 g/mol. The molecule has 0 fully saturated rings. The molecule has 23 heavy (non-hydrogen) atoms. The molecule has 2 aromatic carbocycles. The Morgan fingerprint density at radius 3 is 2.83 bits per heavy atom. The summed E-state index contributed by atoms with van der Waals surface area (Å²) in [6, 6.07) is 15.6. The highest BCUT2D eigenvalue weighted by Gasteiger charge is 2.31. The third kappa shape index (κ3) is 1.66. The summed E-state index contributed by atoms with van der Waals surface area (Å²) in [6.07, 6.45) is 0. The highest BCUT2D eigenvalue weighted by Crippen LogP contribution is 2.29. The molecule has 0 spiro atoms. The predicted octanol–water partition coefficient (Wildman–Crippen LogP) is 2.57. The van der Waals surface area contributed by atoms with Crippen LogP contribution in [0, 0.1) is 0 Å². The van der Waals surface area contributed by atoms with Crippen molar-refractivity contribution in [3.63, 3.8) is 0 Å². The van der Waals surface area contributed by atoms with Gasteiger partial charge in [-0.25, -0.2) is 4.98 Å². The van der Waals surface area contributed by atoms with Crippen LogP contribution in [0.25, 0.3) is 21.9 Å². The molecule has 4 aromatic rings. The molecule has 3 heterocycles. The lowest BCUT2D eigenvalue weighted by molar-refractivity contribution is 0.0985. The van der Waals surface area contributed by atoms with Crippen LogP contribution >= 0.6 is 0 Å². The summed E-state index contributed by atoms with van der Waals surface area (Å²) in [7, 11) is 0. The maximum Gasteiger partial charge on any atom is 0.281 e. The van der Waals surface area contributed by atoms with Gasteiger partial charge in [-0.3, -0.25) is 14.8 Å². The van der Waals surface area contributed by atoms with Gasteiger partial charge in [0.15, 0.2) is 5.69 Å². The molecule has 0 atom stereocenters. The molecule has 6 nitrogen and oxygen atoms in total. The van der Waals surface area contributed by atoms with Gasteiger partial charge < -0.3 is 4.57 Å². The topological polar surface area (TPSA) is 66.8 Å². The van der Waals surface area contributed by atoms with Crippen molar-refractivity contribution in [2.75, 3.05) is 11.4 Å². The lowest BCUT2D eigenvalue weighted by Gasteiger charge is -2.12. The molecule has 0 saturated carbocycles. The smallest absolute Gasteiger partial charge is 0.281 e. The van der Waals surface area contributed by atoms with Gasteiger partial charge >= 0.3 is 0 Å². The fourth-order valence-corrected chi connectivity index (χ4v) is 3.24. The van der Waals surface area contributed by atoms with Gasteiger partial charge in [0.2, 0.25) is 5.95 Å². The van der Waals surface area contributed by atoms with Gasteiger partial charge in [0.25, 0.3) is 5.91 Å². The van der Waals surface area contributed by atoms with E-state index in [-0.39, 0.29) is 5.91 Å². The standard InChI is InChI=1S/C17H13N5O/c23-16(15-11-5-1-2-6-12(11)19-20-15)22-10-9-21-14-8-4-3-7-13(14)18-17(21)22/h1-8H,9-10H2,(H,19,20). The maximum absolute atomic E-state index is 13.0. The van der Waals surface area contributed by atoms with E-state index in [2.05, 4.69) is 19.7 Å². The van der Waals surface area contributed by atoms with Crippen LogP contribution in [0.1, 0.15) is 10.5 Å². The third-order valence-corrected chi connectivity index (χ3v) is 4.34. The predicted molar refractivity (Wildman–Crippen MR) is 87.5 cm³/mol. The van der Waals surface area contributed by atoms with E-state index in [1.807, 2.05) is 48.5 Å². The Balaban J connectivity index is 1.63. The van der Waals surface area contributed by atoms with Crippen molar-refractivity contribution >= 4 is 33.8 Å². The molecule has 0 saturated heterocycles. The number of hydrogen-bond donors (Lipinski definition) is 1. The fraction of sp³-hybridized carbons (Fsp3) is 0.118. The number of aromatic amines is 1. The highest BCUT2D eigenvalue weighted by molar-refractivity contribution is 6.12. The zero-order valence-electron chi connectivity index (χ0n) is 12.2. The van der Waals surface area contributed by atoms with Crippen molar-refractivity contribution in [2.45, 2.75) is 6.54 Å². The molecular formula is C17H13N5O. The first-order valence-electron chi connectivity index (χ1n) is 7.53. The van der Waals surface area contributed by atoms with E-state index in [0.717, 1.165) is 28.5 Å². The largest absolute Gasteiger partial charge is 0.308 e. The first-order valence-corrected chi connectivity index (χ1v) is 7.53. The average Bonchev–Trinajstić information content (AvgIpc) is 3.27. The lowest BCUT2D eigenvalue weighted by atomic mass is 10.2. The van der Waals surface area contributed by atoms with Crippen molar-refractivity contribution in [3.8, 4) is 0 Å². The summed E-state index contributed by atoms with van der Waals surface area (Å²) < 4.78 is 2.09. The quantitative estimate of drug-likeness (QED) is 0.587. The monoisotopic (exact) mass is 303 g/mol. The summed E-state index contributed by atoms with van der Waals surface area (Å²) in [4.78, 5) is 19.3. The highest BCUT2D eigenvalue weighted by atomic mass is 16.2. The Morgan fingerprint density at radius 2 is 1.87 bits per heavy atom. The van der Waals surface area contributed by atoms with Crippen molar-refractivity contribution in [1.82, 2.24) is 19.7 Å². The van der Waals surface area contributed by atoms with E-state index >= 15 is 0 Å². The molecule has 1 aliphatic heterocycles. The Labute approximate surface area is 131 Å². The Bertz CT molecular complexity index is 1060. The van der Waals surface area contributed by atoms with Crippen molar-refractivity contribution in [1.29, 1.82) is 0 Å². The Morgan fingerprint density at radius 1 is 1.04 bits per heavy atom. The van der Waals surface area contributed by atoms with Gasteiger partial charge in [0.05, 0.1) is 16.6 Å². The number of para-hydroxylation sites is 3. The molecular weight excluding hydrogens is 290 g/mol. The Kier molecular flexibility index (Phi) is 2.38. The lowest BCUT2D eigenvalue weighted by Crippen LogP contribution is -2.29. The van der Waals surface area contributed by atoms with Gasteiger partial charge in [-0.1, -0.05) is 30.3 Å². The second-order valence-corrected chi connectivity index (χ2v) is 5.63. The van der Waals surface area contributed by atoms with E-state index in [4.69, 9.17) is 0 Å². The molecule has 1 amide bonds. The van der Waals surface area contributed by atoms with E-state index in [9.17, 15) is 4.79 Å². The van der Waals surface area contributed by atoms with Crippen LogP contribution < -0.4 is 4.90 Å². The summed E-state index contributed by atoms with van der Waals surface area (Å²) in [5, 5.41) is 7.97. The molecule has 0 aliphatic carbocycles. The first kappa shape index (κ1) is 12.4. The summed E-state index contributed by atoms with van der Waals surface area (Å²) in [5.74, 6) is 0.583. The second kappa shape index (κ2) is 4.42. The molecule has 1 aliphatic rings. The number of nitrogens with one attached hydrogen (secondary N) is 1. The van der Waals surface area contributed by atoms with Crippen LogP contribution in [-0.4, -0.2) is 32.2 Å². The molecule has 0 radical (unpaired) electrons. The number of anilines is 1. The normalized spacial score (nSPS) is 13.8. The molecule has 5 rings (SSSR count). The number of imidazole rings is 1. The van der Waals surface area contributed by atoms with Crippen molar-refractivity contribution in [3.05, 3.63) is 54.2 Å². The minimum atomic E-state index is -0.114. The number of carbonyl (C=O) groups is 1. The fourth-order valence-electron chi connectivity index (χ4n) is 3.24. The van der Waals surface area contributed by atoms with E-state index in [1.165, 1.54) is 0 Å². The van der Waals surface area contributed by atoms with Gasteiger partial charge in [-0.05, 0) is 18.2 Å². The Hall–Kier alpha value is -3.15. The number of nitrogens with zero attached hydrogens (tertiary/aromatic N) is 4. The molecule has 2 aromatic heterocycles. The van der Waals surface area contributed by atoms with Crippen LogP contribution in [0.4, 0.5) is 5.95 Å². The SMILES string of the molecule is O=C(c1n[nH]c2ccccc12)N1CCn2c1nc1ccccc12. The maximum atomic E-state index is 13.0. The number of amides is 1. The zero-order valence-corrected chi connectivity index (χ0v) is 12.2. The minimum absolute atomic E-state index is 0.114. The number of hydrogen-bond acceptors (Lipinski definition) is 3. The summed E-state index contributed by atoms with van der Waals surface area (Å²) >= 11 is 0. The molecule has 0 unspecified atom stereocenters. The van der Waals surface area contributed by atoms with Crippen LogP contribution in [-0.2, 0) is 6.54 Å². The van der Waals surface area contributed by atoms with Crippen molar-refractivity contribution in [2.24, 2.45) is 0 Å². The van der Waals surface area contributed by atoms with Gasteiger partial charge in [0, 0.05) is 18.5 Å². The van der Waals surface area contributed by atoms with Crippen LogP contribution in [0.2, 0.25) is 0 Å². The second-order valence-electron chi connectivity index (χ2n) is 5.63. The molecule has 1 N–H and O–H groups in total. The summed E-state index contributed by atoms with van der Waals surface area (Å²) in [5.41, 5.74) is 3.28. The summed E-state index contributed by atoms with van der Waals surface area (Å²) in [6.45, 7) is 1.37. The van der Waals surface area contributed by atoms with Crippen LogP contribution in [0.15, 0.2) is 48.5 Å². The zero-order chi connectivity index (χ0) is 15.4. The van der Waals surface area contributed by atoms with E-state index in [0.29, 0.717) is 18.2 Å². The van der Waals surface area contributed by atoms with Crippen LogP contribution in [0.5, 0.6) is 0 Å².